The Morgan fingerprint density at radius 3 is 2.73 bits per heavy atom. The SMILES string of the molecule is O=C(COc1ccc(F)cc1F)C1CC1. The van der Waals surface area contributed by atoms with E-state index in [1.54, 1.807) is 0 Å². The molecule has 0 aliphatic heterocycles. The van der Waals surface area contributed by atoms with Gasteiger partial charge in [0.1, 0.15) is 12.4 Å². The predicted octanol–water partition coefficient (Wildman–Crippen LogP) is 2.32. The van der Waals surface area contributed by atoms with E-state index in [4.69, 9.17) is 4.74 Å². The fraction of sp³-hybridized carbons (Fsp3) is 0.364. The molecule has 0 heterocycles. The lowest BCUT2D eigenvalue weighted by molar-refractivity contribution is -0.122. The molecule has 0 N–H and O–H groups in total. The highest BCUT2D eigenvalue weighted by Crippen LogP contribution is 2.30. The minimum Gasteiger partial charge on any atom is -0.483 e. The van der Waals surface area contributed by atoms with E-state index in [-0.39, 0.29) is 24.1 Å². The monoisotopic (exact) mass is 212 g/mol. The Bertz CT molecular complexity index is 386. The molecule has 4 heteroatoms. The average Bonchev–Trinajstić information content (AvgIpc) is 2.99. The minimum absolute atomic E-state index is 0.0151. The molecule has 2 rings (SSSR count). The van der Waals surface area contributed by atoms with Crippen molar-refractivity contribution in [3.05, 3.63) is 29.8 Å². The number of hydrogen-bond acceptors (Lipinski definition) is 2. The first-order valence-corrected chi connectivity index (χ1v) is 4.77. The molecule has 1 aliphatic carbocycles. The molecule has 2 nitrogen and oxygen atoms in total. The third kappa shape index (κ3) is 2.52. The molecule has 0 amide bonds. The number of halogens is 2. The summed E-state index contributed by atoms with van der Waals surface area (Å²) in [5.41, 5.74) is 0. The lowest BCUT2D eigenvalue weighted by atomic mass is 10.3. The van der Waals surface area contributed by atoms with Crippen molar-refractivity contribution in [2.75, 3.05) is 6.61 Å². The second-order valence-electron chi connectivity index (χ2n) is 3.60. The van der Waals surface area contributed by atoms with Gasteiger partial charge in [-0.1, -0.05) is 0 Å². The van der Waals surface area contributed by atoms with Crippen molar-refractivity contribution < 1.29 is 18.3 Å². The first-order chi connectivity index (χ1) is 7.16. The summed E-state index contributed by atoms with van der Waals surface area (Å²) in [6.45, 7) is -0.132. The van der Waals surface area contributed by atoms with Gasteiger partial charge in [0.05, 0.1) is 0 Å². The quantitative estimate of drug-likeness (QED) is 0.765. The maximum absolute atomic E-state index is 13.0. The smallest absolute Gasteiger partial charge is 0.173 e. The normalized spacial score (nSPS) is 15.1. The average molecular weight is 212 g/mol. The molecule has 1 aromatic rings. The summed E-state index contributed by atoms with van der Waals surface area (Å²) in [7, 11) is 0. The van der Waals surface area contributed by atoms with Gasteiger partial charge < -0.3 is 4.74 Å². The summed E-state index contributed by atoms with van der Waals surface area (Å²) in [5.74, 6) is -1.44. The molecule has 0 unspecified atom stereocenters. The second-order valence-corrected chi connectivity index (χ2v) is 3.60. The van der Waals surface area contributed by atoms with Gasteiger partial charge in [0.15, 0.2) is 17.3 Å². The lowest BCUT2D eigenvalue weighted by Gasteiger charge is -2.05. The van der Waals surface area contributed by atoms with Gasteiger partial charge >= 0.3 is 0 Å². The molecular formula is C11H10F2O2. The van der Waals surface area contributed by atoms with E-state index in [1.807, 2.05) is 0 Å². The van der Waals surface area contributed by atoms with Gasteiger partial charge in [0, 0.05) is 12.0 Å². The van der Waals surface area contributed by atoms with Gasteiger partial charge in [0.25, 0.3) is 0 Å². The highest BCUT2D eigenvalue weighted by atomic mass is 19.1. The Kier molecular flexibility index (Phi) is 2.66. The molecule has 1 aliphatic rings. The molecule has 0 radical (unpaired) electrons. The summed E-state index contributed by atoms with van der Waals surface area (Å²) < 4.78 is 30.5. The van der Waals surface area contributed by atoms with E-state index < -0.39 is 11.6 Å². The van der Waals surface area contributed by atoms with Crippen LogP contribution in [0.25, 0.3) is 0 Å². The fourth-order valence-electron chi connectivity index (χ4n) is 1.26. The second kappa shape index (κ2) is 3.96. The largest absolute Gasteiger partial charge is 0.483 e. The lowest BCUT2D eigenvalue weighted by Crippen LogP contribution is -2.13. The zero-order chi connectivity index (χ0) is 10.8. The zero-order valence-electron chi connectivity index (χ0n) is 8.00. The van der Waals surface area contributed by atoms with Crippen LogP contribution in [0.3, 0.4) is 0 Å². The van der Waals surface area contributed by atoms with Crippen LogP contribution in [0.15, 0.2) is 18.2 Å². The Morgan fingerprint density at radius 1 is 1.40 bits per heavy atom. The van der Waals surface area contributed by atoms with Crippen LogP contribution in [-0.4, -0.2) is 12.4 Å². The Hall–Kier alpha value is -1.45. The summed E-state index contributed by atoms with van der Waals surface area (Å²) in [4.78, 5) is 11.2. The Labute approximate surface area is 85.9 Å². The van der Waals surface area contributed by atoms with Crippen LogP contribution in [0.5, 0.6) is 5.75 Å². The third-order valence-electron chi connectivity index (χ3n) is 2.30. The van der Waals surface area contributed by atoms with Crippen LogP contribution in [0.2, 0.25) is 0 Å². The van der Waals surface area contributed by atoms with Gasteiger partial charge in [-0.15, -0.1) is 0 Å². The molecule has 1 fully saturated rings. The number of Topliss-reactive ketones (excluding diaryl/α,β-unsaturated/α-hetero) is 1. The molecule has 0 saturated heterocycles. The third-order valence-corrected chi connectivity index (χ3v) is 2.30. The summed E-state index contributed by atoms with van der Waals surface area (Å²) in [6.07, 6.45) is 1.79. The van der Waals surface area contributed by atoms with Gasteiger partial charge in [-0.05, 0) is 25.0 Å². The van der Waals surface area contributed by atoms with E-state index in [9.17, 15) is 13.6 Å². The van der Waals surface area contributed by atoms with Gasteiger partial charge in [-0.3, -0.25) is 4.79 Å². The van der Waals surface area contributed by atoms with E-state index >= 15 is 0 Å². The molecule has 15 heavy (non-hydrogen) atoms. The van der Waals surface area contributed by atoms with Gasteiger partial charge in [-0.2, -0.15) is 0 Å². The van der Waals surface area contributed by atoms with Crippen molar-refractivity contribution >= 4 is 5.78 Å². The van der Waals surface area contributed by atoms with E-state index in [1.165, 1.54) is 6.07 Å². The Balaban J connectivity index is 1.95. The maximum Gasteiger partial charge on any atom is 0.173 e. The van der Waals surface area contributed by atoms with Crippen molar-refractivity contribution in [2.45, 2.75) is 12.8 Å². The maximum atomic E-state index is 13.0. The molecule has 0 aromatic heterocycles. The van der Waals surface area contributed by atoms with Gasteiger partial charge in [-0.25, -0.2) is 8.78 Å². The topological polar surface area (TPSA) is 26.3 Å². The minimum atomic E-state index is -0.779. The zero-order valence-corrected chi connectivity index (χ0v) is 8.00. The van der Waals surface area contributed by atoms with Crippen molar-refractivity contribution in [1.82, 2.24) is 0 Å². The molecule has 0 bridgehead atoms. The van der Waals surface area contributed by atoms with Crippen molar-refractivity contribution in [3.63, 3.8) is 0 Å². The summed E-state index contributed by atoms with van der Waals surface area (Å²) in [5, 5.41) is 0. The van der Waals surface area contributed by atoms with Crippen molar-refractivity contribution in [2.24, 2.45) is 5.92 Å². The molecule has 80 valence electrons. The number of carbonyl (C=O) groups excluding carboxylic acids is 1. The summed E-state index contributed by atoms with van der Waals surface area (Å²) in [6, 6.07) is 3.02. The van der Waals surface area contributed by atoms with Crippen LogP contribution >= 0.6 is 0 Å². The number of carbonyl (C=O) groups is 1. The van der Waals surface area contributed by atoms with Crippen molar-refractivity contribution in [3.8, 4) is 5.75 Å². The van der Waals surface area contributed by atoms with Crippen LogP contribution in [0.4, 0.5) is 8.78 Å². The number of hydrogen-bond donors (Lipinski definition) is 0. The van der Waals surface area contributed by atoms with Crippen LogP contribution in [0.1, 0.15) is 12.8 Å². The fourth-order valence-corrected chi connectivity index (χ4v) is 1.26. The van der Waals surface area contributed by atoms with E-state index in [0.717, 1.165) is 25.0 Å². The Morgan fingerprint density at radius 2 is 2.13 bits per heavy atom. The number of ketones is 1. The molecule has 0 spiro atoms. The van der Waals surface area contributed by atoms with E-state index in [0.29, 0.717) is 0 Å². The van der Waals surface area contributed by atoms with Crippen LogP contribution in [0, 0.1) is 17.6 Å². The van der Waals surface area contributed by atoms with Gasteiger partial charge in [0.2, 0.25) is 0 Å². The number of benzene rings is 1. The first kappa shape index (κ1) is 10.1. The molecule has 1 saturated carbocycles. The predicted molar refractivity (Wildman–Crippen MR) is 49.6 cm³/mol. The number of ether oxygens (including phenoxy) is 1. The standard InChI is InChI=1S/C11H10F2O2/c12-8-3-4-11(9(13)5-8)15-6-10(14)7-1-2-7/h3-5,7H,1-2,6H2. The number of rotatable bonds is 4. The van der Waals surface area contributed by atoms with Crippen LogP contribution < -0.4 is 4.74 Å². The molecule has 1 aromatic carbocycles. The highest BCUT2D eigenvalue weighted by molar-refractivity contribution is 5.84. The summed E-state index contributed by atoms with van der Waals surface area (Å²) >= 11 is 0. The first-order valence-electron chi connectivity index (χ1n) is 4.77. The van der Waals surface area contributed by atoms with Crippen molar-refractivity contribution in [1.29, 1.82) is 0 Å². The molecular weight excluding hydrogens is 202 g/mol. The van der Waals surface area contributed by atoms with E-state index in [2.05, 4.69) is 0 Å². The highest BCUT2D eigenvalue weighted by Gasteiger charge is 2.29. The molecule has 0 atom stereocenters. The van der Waals surface area contributed by atoms with Crippen LogP contribution in [-0.2, 0) is 4.79 Å².